The van der Waals surface area contributed by atoms with Gasteiger partial charge in [-0.3, -0.25) is 0 Å². The molecule has 1 radical (unpaired) electrons. The van der Waals surface area contributed by atoms with Crippen LogP contribution in [-0.4, -0.2) is 21.9 Å². The second-order valence-corrected chi connectivity index (χ2v) is 0. The van der Waals surface area contributed by atoms with E-state index < -0.39 is 0 Å². The molecule has 0 aromatic carbocycles. The number of rotatable bonds is 0. The fraction of sp³-hybridized carbons (Fsp3) is 0. The van der Waals surface area contributed by atoms with Gasteiger partial charge in [0.2, 0.25) is 0 Å². The molecule has 0 saturated heterocycles. The first-order chi connectivity index (χ1) is 0. The first-order valence-electron chi connectivity index (χ1n) is 0. The third kappa shape index (κ3) is 250. The molecule has 0 unspecified atom stereocenters. The van der Waals surface area contributed by atoms with E-state index in [1.54, 1.807) is 0 Å². The molecule has 6 heavy (non-hydrogen) atoms. The van der Waals surface area contributed by atoms with Gasteiger partial charge in [-0.15, -0.1) is 0 Å². The summed E-state index contributed by atoms with van der Waals surface area (Å²) < 4.78 is 0. The topological polar surface area (TPSA) is 162 Å². The van der Waals surface area contributed by atoms with Gasteiger partial charge >= 0.3 is 0 Å². The average molecular weight is 276 g/mol. The Hall–Kier alpha value is 0.462. The molecular formula is H12NO4Re+. The van der Waals surface area contributed by atoms with Gasteiger partial charge in [-0.2, -0.15) is 0 Å². The molecule has 0 aliphatic rings. The molecule has 0 aliphatic carbocycles. The van der Waals surface area contributed by atoms with Gasteiger partial charge in [-0.25, -0.2) is 0 Å². The Balaban J connectivity index is 0. The monoisotopic (exact) mass is 277 g/mol. The standard InChI is InChI=1S/H3N.4H2O.Re/h1H3;4*1H2;/p+1. The fourth-order valence-electron chi connectivity index (χ4n) is 0. The van der Waals surface area contributed by atoms with Crippen molar-refractivity contribution in [3.63, 3.8) is 0 Å². The summed E-state index contributed by atoms with van der Waals surface area (Å²) in [6, 6.07) is 0. The van der Waals surface area contributed by atoms with Gasteiger partial charge in [0.15, 0.2) is 0 Å². The molecular weight excluding hydrogens is 264 g/mol. The van der Waals surface area contributed by atoms with Crippen LogP contribution < -0.4 is 6.15 Å². The Labute approximate surface area is 49.2 Å². The molecule has 0 rings (SSSR count). The van der Waals surface area contributed by atoms with Crippen LogP contribution in [0.3, 0.4) is 0 Å². The molecule has 0 aliphatic heterocycles. The van der Waals surface area contributed by atoms with E-state index in [1.807, 2.05) is 0 Å². The minimum absolute atomic E-state index is 0. The summed E-state index contributed by atoms with van der Waals surface area (Å²) in [5.74, 6) is 0. The molecule has 6 heteroatoms. The summed E-state index contributed by atoms with van der Waals surface area (Å²) in [7, 11) is 0. The predicted molar refractivity (Wildman–Crippen MR) is 20.4 cm³/mol. The Morgan fingerprint density at radius 1 is 0.500 bits per heavy atom. The van der Waals surface area contributed by atoms with E-state index in [2.05, 4.69) is 0 Å². The van der Waals surface area contributed by atoms with Crippen LogP contribution in [-0.2, 0) is 20.4 Å². The summed E-state index contributed by atoms with van der Waals surface area (Å²) in [4.78, 5) is 0. The third-order valence-corrected chi connectivity index (χ3v) is 0. The predicted octanol–water partition coefficient (Wildman–Crippen LogP) is -2.93. The van der Waals surface area contributed by atoms with Gasteiger partial charge in [0.1, 0.15) is 0 Å². The van der Waals surface area contributed by atoms with Crippen molar-refractivity contribution >= 4 is 0 Å². The first-order valence-corrected chi connectivity index (χ1v) is 0. The molecule has 0 amide bonds. The number of hydrogen-bond acceptors (Lipinski definition) is 0. The summed E-state index contributed by atoms with van der Waals surface area (Å²) >= 11 is 0. The largest absolute Gasteiger partial charge is 0.412 e. The summed E-state index contributed by atoms with van der Waals surface area (Å²) in [5, 5.41) is 0. The smallest absolute Gasteiger partial charge is 0 e. The van der Waals surface area contributed by atoms with E-state index in [1.165, 1.54) is 0 Å². The first kappa shape index (κ1) is 902. The van der Waals surface area contributed by atoms with Gasteiger partial charge in [-0.1, -0.05) is 0 Å². The molecule has 0 aromatic rings. The zero-order chi connectivity index (χ0) is 0. The molecule has 0 heterocycles. The normalized spacial score (nSPS) is 0. The van der Waals surface area contributed by atoms with Gasteiger partial charge in [0.25, 0.3) is 0 Å². The molecule has 0 fully saturated rings. The van der Waals surface area contributed by atoms with Crippen molar-refractivity contribution < 1.29 is 42.3 Å². The summed E-state index contributed by atoms with van der Waals surface area (Å²) in [5.41, 5.74) is 0. The molecule has 12 N–H and O–H groups in total. The fourth-order valence-corrected chi connectivity index (χ4v) is 0. The van der Waals surface area contributed by atoms with Crippen LogP contribution in [0.1, 0.15) is 0 Å². The zero-order valence-corrected chi connectivity index (χ0v) is 6.09. The summed E-state index contributed by atoms with van der Waals surface area (Å²) in [6.07, 6.45) is 0. The Morgan fingerprint density at radius 3 is 0.500 bits per heavy atom. The Morgan fingerprint density at radius 2 is 0.500 bits per heavy atom. The van der Waals surface area contributed by atoms with Gasteiger partial charge in [0.05, 0.1) is 0 Å². The number of hydrogen-bond donors (Lipinski definition) is 1. The molecule has 0 atom stereocenters. The third-order valence-electron chi connectivity index (χ3n) is 0. The average Bonchev–Trinajstić information content (AvgIpc) is 0. The minimum Gasteiger partial charge on any atom is -0.412 e. The van der Waals surface area contributed by atoms with Crippen LogP contribution in [0.5, 0.6) is 0 Å². The van der Waals surface area contributed by atoms with Gasteiger partial charge in [0, 0.05) is 20.4 Å². The Bertz CT molecular complexity index is 7.51. The maximum absolute atomic E-state index is 0. The van der Waals surface area contributed by atoms with E-state index in [0.29, 0.717) is 0 Å². The van der Waals surface area contributed by atoms with Crippen molar-refractivity contribution in [3.8, 4) is 0 Å². The SMILES string of the molecule is O.O.O.O.[NH4+].[Re]. The van der Waals surface area contributed by atoms with Gasteiger partial charge < -0.3 is 28.1 Å². The van der Waals surface area contributed by atoms with Crippen LogP contribution >= 0.6 is 0 Å². The van der Waals surface area contributed by atoms with Crippen LogP contribution in [0, 0.1) is 0 Å². The molecule has 0 saturated carbocycles. The van der Waals surface area contributed by atoms with E-state index in [4.69, 9.17) is 0 Å². The maximum atomic E-state index is 0. The molecule has 0 aromatic heterocycles. The van der Waals surface area contributed by atoms with E-state index in [0.717, 1.165) is 0 Å². The van der Waals surface area contributed by atoms with Crippen LogP contribution in [0.25, 0.3) is 0 Å². The van der Waals surface area contributed by atoms with Crippen molar-refractivity contribution in [2.75, 3.05) is 0 Å². The van der Waals surface area contributed by atoms with E-state index in [-0.39, 0.29) is 48.5 Å². The molecule has 47 valence electrons. The molecule has 0 bridgehead atoms. The summed E-state index contributed by atoms with van der Waals surface area (Å²) in [6.45, 7) is 0. The van der Waals surface area contributed by atoms with E-state index >= 15 is 0 Å². The van der Waals surface area contributed by atoms with Crippen LogP contribution in [0.15, 0.2) is 0 Å². The van der Waals surface area contributed by atoms with Crippen molar-refractivity contribution in [2.45, 2.75) is 0 Å². The van der Waals surface area contributed by atoms with Crippen molar-refractivity contribution in [1.82, 2.24) is 6.15 Å². The maximum Gasteiger partial charge on any atom is 0 e. The van der Waals surface area contributed by atoms with Gasteiger partial charge in [-0.05, 0) is 0 Å². The van der Waals surface area contributed by atoms with Crippen molar-refractivity contribution in [3.05, 3.63) is 0 Å². The Kier molecular flexibility index (Phi) is 76500. The molecule has 0 spiro atoms. The number of quaternary nitrogens is 1. The zero-order valence-electron chi connectivity index (χ0n) is 3.38. The second kappa shape index (κ2) is 509. The van der Waals surface area contributed by atoms with Crippen molar-refractivity contribution in [1.29, 1.82) is 0 Å². The van der Waals surface area contributed by atoms with Crippen LogP contribution in [0.4, 0.5) is 0 Å². The quantitative estimate of drug-likeness (QED) is 0.479. The van der Waals surface area contributed by atoms with Crippen LogP contribution in [0.2, 0.25) is 0 Å². The molecule has 5 nitrogen and oxygen atoms in total. The van der Waals surface area contributed by atoms with E-state index in [9.17, 15) is 0 Å². The second-order valence-electron chi connectivity index (χ2n) is 0. The minimum atomic E-state index is 0. The van der Waals surface area contributed by atoms with Crippen molar-refractivity contribution in [2.24, 2.45) is 0 Å².